The van der Waals surface area contributed by atoms with Gasteiger partial charge < -0.3 is 4.74 Å². The van der Waals surface area contributed by atoms with Crippen molar-refractivity contribution in [2.24, 2.45) is 5.92 Å². The molecule has 1 unspecified atom stereocenters. The van der Waals surface area contributed by atoms with E-state index >= 15 is 0 Å². The Kier molecular flexibility index (Phi) is 7.52. The molecule has 38 heavy (non-hydrogen) atoms. The van der Waals surface area contributed by atoms with Crippen LogP contribution in [0.2, 0.25) is 0 Å². The highest BCUT2D eigenvalue weighted by Gasteiger charge is 2.29. The Hall–Kier alpha value is -3.27. The first-order valence-corrected chi connectivity index (χ1v) is 14.9. The van der Waals surface area contributed by atoms with Crippen molar-refractivity contribution in [2.75, 3.05) is 25.1 Å². The number of sulfonamides is 1. The average molecular weight is 550 g/mol. The van der Waals surface area contributed by atoms with E-state index in [1.807, 2.05) is 49.4 Å². The van der Waals surface area contributed by atoms with E-state index in [-0.39, 0.29) is 10.8 Å². The number of piperidine rings is 1. The number of anilines is 1. The van der Waals surface area contributed by atoms with Crippen LogP contribution >= 0.6 is 11.3 Å². The van der Waals surface area contributed by atoms with Crippen LogP contribution in [0.25, 0.3) is 10.2 Å². The summed E-state index contributed by atoms with van der Waals surface area (Å²) < 4.78 is 34.5. The van der Waals surface area contributed by atoms with Crippen LogP contribution in [0, 0.1) is 12.8 Å². The Labute approximate surface area is 227 Å². The molecule has 198 valence electrons. The van der Waals surface area contributed by atoms with Crippen LogP contribution in [-0.2, 0) is 16.6 Å². The summed E-state index contributed by atoms with van der Waals surface area (Å²) in [5.41, 5.74) is 3.13. The molecule has 5 rings (SSSR count). The summed E-state index contributed by atoms with van der Waals surface area (Å²) in [6.07, 6.45) is 1.89. The number of thiazole rings is 1. The molecule has 0 radical (unpaired) electrons. The number of aryl methyl sites for hydroxylation is 1. The molecule has 4 aromatic rings. The minimum atomic E-state index is -3.60. The number of ether oxygens (including phenoxy) is 1. The number of carbonyl (C=O) groups is 1. The van der Waals surface area contributed by atoms with Crippen molar-refractivity contribution in [1.82, 2.24) is 9.29 Å². The maximum absolute atomic E-state index is 13.9. The van der Waals surface area contributed by atoms with Gasteiger partial charge in [0, 0.05) is 18.7 Å². The Morgan fingerprint density at radius 3 is 2.53 bits per heavy atom. The smallest absolute Gasteiger partial charge is 0.260 e. The SMILES string of the molecule is COc1ccc(C)c2sc(N(Cc3ccccc3)C(=O)c3ccc(S(=O)(=O)N4CCCC(C)C4)cc3)nc12. The van der Waals surface area contributed by atoms with E-state index in [0.717, 1.165) is 34.2 Å². The van der Waals surface area contributed by atoms with Crippen molar-refractivity contribution < 1.29 is 17.9 Å². The van der Waals surface area contributed by atoms with Crippen molar-refractivity contribution in [3.8, 4) is 5.75 Å². The first-order valence-electron chi connectivity index (χ1n) is 12.7. The maximum Gasteiger partial charge on any atom is 0.260 e. The summed E-state index contributed by atoms with van der Waals surface area (Å²) in [6, 6.07) is 19.9. The number of methoxy groups -OCH3 is 1. The summed E-state index contributed by atoms with van der Waals surface area (Å²) in [5.74, 6) is 0.740. The van der Waals surface area contributed by atoms with Crippen LogP contribution in [0.3, 0.4) is 0 Å². The van der Waals surface area contributed by atoms with Gasteiger partial charge in [-0.25, -0.2) is 13.4 Å². The third kappa shape index (κ3) is 5.18. The second kappa shape index (κ2) is 10.8. The Bertz CT molecular complexity index is 1550. The monoisotopic (exact) mass is 549 g/mol. The molecular formula is C29H31N3O4S2. The lowest BCUT2D eigenvalue weighted by Crippen LogP contribution is -2.39. The predicted molar refractivity (Wildman–Crippen MR) is 151 cm³/mol. The van der Waals surface area contributed by atoms with Gasteiger partial charge in [0.05, 0.1) is 23.2 Å². The zero-order valence-electron chi connectivity index (χ0n) is 21.8. The molecule has 0 spiro atoms. The van der Waals surface area contributed by atoms with Crippen LogP contribution in [-0.4, -0.2) is 43.8 Å². The fourth-order valence-electron chi connectivity index (χ4n) is 4.81. The number of amides is 1. The van der Waals surface area contributed by atoms with Gasteiger partial charge in [-0.1, -0.05) is 54.7 Å². The molecule has 7 nitrogen and oxygen atoms in total. The zero-order chi connectivity index (χ0) is 26.9. The van der Waals surface area contributed by atoms with Gasteiger partial charge in [0.2, 0.25) is 10.0 Å². The molecule has 0 bridgehead atoms. The molecular weight excluding hydrogens is 518 g/mol. The van der Waals surface area contributed by atoms with Gasteiger partial charge in [-0.15, -0.1) is 0 Å². The van der Waals surface area contributed by atoms with Crippen molar-refractivity contribution in [3.63, 3.8) is 0 Å². The highest BCUT2D eigenvalue weighted by atomic mass is 32.2. The average Bonchev–Trinajstić information content (AvgIpc) is 3.38. The maximum atomic E-state index is 13.9. The Morgan fingerprint density at radius 2 is 1.84 bits per heavy atom. The van der Waals surface area contributed by atoms with Crippen LogP contribution in [0.1, 0.15) is 41.3 Å². The normalized spacial score (nSPS) is 16.4. The number of hydrogen-bond acceptors (Lipinski definition) is 6. The van der Waals surface area contributed by atoms with Crippen LogP contribution in [0.15, 0.2) is 71.6 Å². The minimum absolute atomic E-state index is 0.207. The minimum Gasteiger partial charge on any atom is -0.494 e. The number of hydrogen-bond donors (Lipinski definition) is 0. The largest absolute Gasteiger partial charge is 0.494 e. The van der Waals surface area contributed by atoms with Gasteiger partial charge in [-0.3, -0.25) is 9.69 Å². The lowest BCUT2D eigenvalue weighted by molar-refractivity contribution is 0.0985. The van der Waals surface area contributed by atoms with Crippen molar-refractivity contribution in [1.29, 1.82) is 0 Å². The van der Waals surface area contributed by atoms with Crippen LogP contribution < -0.4 is 9.64 Å². The third-order valence-corrected chi connectivity index (χ3v) is 10.0. The number of nitrogens with zero attached hydrogens (tertiary/aromatic N) is 3. The molecule has 1 aliphatic rings. The Balaban J connectivity index is 1.49. The van der Waals surface area contributed by atoms with E-state index in [1.165, 1.54) is 23.5 Å². The van der Waals surface area contributed by atoms with Crippen LogP contribution in [0.5, 0.6) is 5.75 Å². The molecule has 0 aliphatic carbocycles. The van der Waals surface area contributed by atoms with E-state index in [4.69, 9.17) is 9.72 Å². The number of benzene rings is 3. The van der Waals surface area contributed by atoms with Crippen molar-refractivity contribution in [2.45, 2.75) is 38.1 Å². The highest BCUT2D eigenvalue weighted by Crippen LogP contribution is 2.37. The fraction of sp³-hybridized carbons (Fsp3) is 0.310. The quantitative estimate of drug-likeness (QED) is 0.288. The number of aromatic nitrogens is 1. The molecule has 1 aliphatic heterocycles. The molecule has 1 atom stereocenters. The molecule has 1 fully saturated rings. The lowest BCUT2D eigenvalue weighted by atomic mass is 10.0. The fourth-order valence-corrected chi connectivity index (χ4v) is 7.46. The van der Waals surface area contributed by atoms with Gasteiger partial charge in [0.1, 0.15) is 11.3 Å². The van der Waals surface area contributed by atoms with E-state index < -0.39 is 10.0 Å². The molecule has 1 amide bonds. The number of carbonyl (C=O) groups excluding carboxylic acids is 1. The first-order chi connectivity index (χ1) is 18.3. The van der Waals surface area contributed by atoms with E-state index in [1.54, 1.807) is 28.4 Å². The van der Waals surface area contributed by atoms with Crippen molar-refractivity contribution >= 4 is 42.6 Å². The van der Waals surface area contributed by atoms with Crippen molar-refractivity contribution in [3.05, 3.63) is 83.4 Å². The molecule has 2 heterocycles. The lowest BCUT2D eigenvalue weighted by Gasteiger charge is -2.30. The van der Waals surface area contributed by atoms with E-state index in [2.05, 4.69) is 6.92 Å². The second-order valence-electron chi connectivity index (χ2n) is 9.77. The molecule has 1 aromatic heterocycles. The van der Waals surface area contributed by atoms with E-state index in [9.17, 15) is 13.2 Å². The summed E-state index contributed by atoms with van der Waals surface area (Å²) >= 11 is 1.44. The van der Waals surface area contributed by atoms with E-state index in [0.29, 0.717) is 42.0 Å². The summed E-state index contributed by atoms with van der Waals surface area (Å²) in [6.45, 7) is 5.46. The Morgan fingerprint density at radius 1 is 1.11 bits per heavy atom. The zero-order valence-corrected chi connectivity index (χ0v) is 23.4. The molecule has 1 saturated heterocycles. The molecule has 3 aromatic carbocycles. The molecule has 0 saturated carbocycles. The van der Waals surface area contributed by atoms with Gasteiger partial charge in [-0.05, 0) is 67.1 Å². The molecule has 0 N–H and O–H groups in total. The third-order valence-electron chi connectivity index (χ3n) is 6.93. The van der Waals surface area contributed by atoms with Gasteiger partial charge >= 0.3 is 0 Å². The second-order valence-corrected chi connectivity index (χ2v) is 12.7. The summed E-state index contributed by atoms with van der Waals surface area (Å²) in [5, 5.41) is 0.556. The standard InChI is InChI=1S/C29H31N3O4S2/c1-20-8-7-17-31(18-20)38(34,35)24-14-12-23(13-15-24)28(33)32(19-22-9-5-4-6-10-22)29-30-26-25(36-3)16-11-21(2)27(26)37-29/h4-6,9-16,20H,7-8,17-19H2,1-3H3. The topological polar surface area (TPSA) is 79.8 Å². The molecule has 9 heteroatoms. The van der Waals surface area contributed by atoms with Gasteiger partial charge in [-0.2, -0.15) is 4.31 Å². The summed E-state index contributed by atoms with van der Waals surface area (Å²) in [4.78, 5) is 20.5. The summed E-state index contributed by atoms with van der Waals surface area (Å²) in [7, 11) is -2.00. The van der Waals surface area contributed by atoms with Gasteiger partial charge in [0.25, 0.3) is 5.91 Å². The number of fused-ring (bicyclic) bond motifs is 1. The number of rotatable bonds is 7. The predicted octanol–water partition coefficient (Wildman–Crippen LogP) is 5.88. The van der Waals surface area contributed by atoms with Gasteiger partial charge in [0.15, 0.2) is 5.13 Å². The highest BCUT2D eigenvalue weighted by molar-refractivity contribution is 7.89. The first kappa shape index (κ1) is 26.3. The van der Waals surface area contributed by atoms with Crippen LogP contribution in [0.4, 0.5) is 5.13 Å².